The van der Waals surface area contributed by atoms with E-state index >= 15 is 0 Å². The number of fused-ring (bicyclic) bond motifs is 2. The summed E-state index contributed by atoms with van der Waals surface area (Å²) in [6, 6.07) is 9.37. The van der Waals surface area contributed by atoms with Crippen molar-refractivity contribution in [3.8, 4) is 0 Å². The molecule has 1 heterocycles. The van der Waals surface area contributed by atoms with E-state index in [-0.39, 0.29) is 26.6 Å². The standard InChI is InChI=1S/C14H9NO5S/c16-13-9-3-1-2-4-11(9)21(19,20)12-6-5-8(14(17)18)7-10(12)15-13/h1-7H,(H,15,16)(H,17,18). The average Bonchev–Trinajstić information content (AvgIpc) is 2.54. The van der Waals surface area contributed by atoms with Gasteiger partial charge in [0.1, 0.15) is 0 Å². The number of aromatic carboxylic acids is 1. The van der Waals surface area contributed by atoms with Gasteiger partial charge in [-0.1, -0.05) is 12.1 Å². The highest BCUT2D eigenvalue weighted by atomic mass is 32.2. The number of sulfone groups is 1. The fourth-order valence-electron chi connectivity index (χ4n) is 2.19. The topological polar surface area (TPSA) is 101 Å². The van der Waals surface area contributed by atoms with Crippen molar-refractivity contribution in [2.45, 2.75) is 9.79 Å². The summed E-state index contributed by atoms with van der Waals surface area (Å²) in [5.41, 5.74) is -0.100. The minimum atomic E-state index is -3.89. The Morgan fingerprint density at radius 3 is 2.48 bits per heavy atom. The molecule has 0 atom stereocenters. The predicted octanol–water partition coefficient (Wildman–Crippen LogP) is 1.78. The van der Waals surface area contributed by atoms with Crippen LogP contribution in [0.2, 0.25) is 0 Å². The van der Waals surface area contributed by atoms with E-state index < -0.39 is 21.7 Å². The maximum Gasteiger partial charge on any atom is 0.335 e. The van der Waals surface area contributed by atoms with Crippen LogP contribution in [0.1, 0.15) is 20.7 Å². The zero-order valence-electron chi connectivity index (χ0n) is 10.5. The third kappa shape index (κ3) is 1.98. The fourth-order valence-corrected chi connectivity index (χ4v) is 3.78. The first-order valence-corrected chi connectivity index (χ1v) is 7.42. The van der Waals surface area contributed by atoms with Crippen LogP contribution < -0.4 is 5.32 Å². The molecular formula is C14H9NO5S. The Bertz CT molecular complexity index is 886. The Morgan fingerprint density at radius 1 is 1.05 bits per heavy atom. The van der Waals surface area contributed by atoms with Crippen molar-refractivity contribution in [3.05, 3.63) is 53.6 Å². The van der Waals surface area contributed by atoms with Crippen molar-refractivity contribution >= 4 is 27.4 Å². The number of rotatable bonds is 1. The molecule has 0 spiro atoms. The molecule has 0 saturated heterocycles. The van der Waals surface area contributed by atoms with Crippen molar-refractivity contribution in [1.29, 1.82) is 0 Å². The fraction of sp³-hybridized carbons (Fsp3) is 0. The predicted molar refractivity (Wildman–Crippen MR) is 73.2 cm³/mol. The smallest absolute Gasteiger partial charge is 0.335 e. The SMILES string of the molecule is O=C(O)c1ccc2c(c1)NC(=O)c1ccccc1S2(=O)=O. The summed E-state index contributed by atoms with van der Waals surface area (Å²) in [5, 5.41) is 11.4. The zero-order chi connectivity index (χ0) is 15.2. The second kappa shape index (κ2) is 4.42. The van der Waals surface area contributed by atoms with Crippen molar-refractivity contribution < 1.29 is 23.1 Å². The van der Waals surface area contributed by atoms with Gasteiger partial charge in [-0.05, 0) is 30.3 Å². The van der Waals surface area contributed by atoms with Crippen LogP contribution in [-0.4, -0.2) is 25.4 Å². The highest BCUT2D eigenvalue weighted by Crippen LogP contribution is 2.33. The molecule has 1 aliphatic rings. The van der Waals surface area contributed by atoms with Gasteiger partial charge < -0.3 is 10.4 Å². The van der Waals surface area contributed by atoms with Gasteiger partial charge in [0.2, 0.25) is 9.84 Å². The molecule has 0 fully saturated rings. The van der Waals surface area contributed by atoms with Crippen LogP contribution in [0.4, 0.5) is 5.69 Å². The van der Waals surface area contributed by atoms with Gasteiger partial charge in [-0.2, -0.15) is 0 Å². The second-order valence-corrected chi connectivity index (χ2v) is 6.36. The molecule has 1 aliphatic heterocycles. The van der Waals surface area contributed by atoms with Crippen molar-refractivity contribution in [1.82, 2.24) is 0 Å². The lowest BCUT2D eigenvalue weighted by molar-refractivity contribution is 0.0696. The first-order valence-electron chi connectivity index (χ1n) is 5.94. The summed E-state index contributed by atoms with van der Waals surface area (Å²) < 4.78 is 25.2. The summed E-state index contributed by atoms with van der Waals surface area (Å²) in [5.74, 6) is -1.79. The van der Waals surface area contributed by atoms with Crippen LogP contribution in [0.25, 0.3) is 0 Å². The lowest BCUT2D eigenvalue weighted by Crippen LogP contribution is -2.12. The molecule has 7 heteroatoms. The van der Waals surface area contributed by atoms with E-state index in [2.05, 4.69) is 5.32 Å². The van der Waals surface area contributed by atoms with Gasteiger partial charge >= 0.3 is 5.97 Å². The van der Waals surface area contributed by atoms with E-state index in [4.69, 9.17) is 5.11 Å². The molecule has 0 unspecified atom stereocenters. The average molecular weight is 303 g/mol. The molecule has 2 aromatic rings. The van der Waals surface area contributed by atoms with E-state index in [0.29, 0.717) is 0 Å². The first kappa shape index (κ1) is 13.3. The lowest BCUT2D eigenvalue weighted by Gasteiger charge is -2.07. The van der Waals surface area contributed by atoms with Gasteiger partial charge in [0.25, 0.3) is 5.91 Å². The Morgan fingerprint density at radius 2 is 1.76 bits per heavy atom. The van der Waals surface area contributed by atoms with E-state index in [1.807, 2.05) is 0 Å². The summed E-state index contributed by atoms with van der Waals surface area (Å²) in [6.07, 6.45) is 0. The molecule has 106 valence electrons. The molecule has 21 heavy (non-hydrogen) atoms. The highest BCUT2D eigenvalue weighted by Gasteiger charge is 2.31. The van der Waals surface area contributed by atoms with E-state index in [0.717, 1.165) is 6.07 Å². The number of hydrogen-bond donors (Lipinski definition) is 2. The maximum absolute atomic E-state index is 12.6. The van der Waals surface area contributed by atoms with Gasteiger partial charge in [0, 0.05) is 0 Å². The van der Waals surface area contributed by atoms with Gasteiger partial charge in [0.15, 0.2) is 0 Å². The van der Waals surface area contributed by atoms with E-state index in [1.54, 1.807) is 6.07 Å². The molecular weight excluding hydrogens is 294 g/mol. The maximum atomic E-state index is 12.6. The first-order chi connectivity index (χ1) is 9.91. The molecule has 0 bridgehead atoms. The van der Waals surface area contributed by atoms with Crippen LogP contribution in [-0.2, 0) is 9.84 Å². The van der Waals surface area contributed by atoms with Gasteiger partial charge in [0.05, 0.1) is 26.6 Å². The third-order valence-corrected chi connectivity index (χ3v) is 5.06. The van der Waals surface area contributed by atoms with Crippen LogP contribution in [0.15, 0.2) is 52.3 Å². The number of amides is 1. The summed E-state index contributed by atoms with van der Waals surface area (Å²) in [7, 11) is -3.89. The van der Waals surface area contributed by atoms with Crippen molar-refractivity contribution in [2.24, 2.45) is 0 Å². The van der Waals surface area contributed by atoms with Crippen LogP contribution in [0.5, 0.6) is 0 Å². The summed E-state index contributed by atoms with van der Waals surface area (Å²) >= 11 is 0. The lowest BCUT2D eigenvalue weighted by atomic mass is 10.2. The van der Waals surface area contributed by atoms with Crippen LogP contribution >= 0.6 is 0 Å². The minimum absolute atomic E-state index is 0.0314. The van der Waals surface area contributed by atoms with Crippen LogP contribution in [0, 0.1) is 0 Å². The minimum Gasteiger partial charge on any atom is -0.478 e. The van der Waals surface area contributed by atoms with Gasteiger partial charge in [-0.25, -0.2) is 13.2 Å². The number of hydrogen-bond acceptors (Lipinski definition) is 4. The molecule has 0 radical (unpaired) electrons. The Kier molecular flexibility index (Phi) is 2.80. The number of carbonyl (C=O) groups is 2. The zero-order valence-corrected chi connectivity index (χ0v) is 11.3. The monoisotopic (exact) mass is 303 g/mol. The highest BCUT2D eigenvalue weighted by molar-refractivity contribution is 7.91. The molecule has 0 aromatic heterocycles. The molecule has 0 aliphatic carbocycles. The van der Waals surface area contributed by atoms with Gasteiger partial charge in [-0.3, -0.25) is 4.79 Å². The molecule has 2 aromatic carbocycles. The molecule has 6 nitrogen and oxygen atoms in total. The van der Waals surface area contributed by atoms with E-state index in [9.17, 15) is 18.0 Å². The summed E-state index contributed by atoms with van der Waals surface area (Å²) in [6.45, 7) is 0. The van der Waals surface area contributed by atoms with Crippen molar-refractivity contribution in [2.75, 3.05) is 5.32 Å². The molecule has 0 saturated carbocycles. The Labute approximate surface area is 120 Å². The third-order valence-electron chi connectivity index (χ3n) is 3.19. The number of benzene rings is 2. The van der Waals surface area contributed by atoms with Gasteiger partial charge in [-0.15, -0.1) is 0 Å². The quantitative estimate of drug-likeness (QED) is 0.836. The normalized spacial score (nSPS) is 15.3. The number of nitrogens with one attached hydrogen (secondary N) is 1. The largest absolute Gasteiger partial charge is 0.478 e. The number of carboxylic acid groups (broad SMARTS) is 1. The summed E-state index contributed by atoms with van der Waals surface area (Å²) in [4.78, 5) is 22.9. The second-order valence-electron chi connectivity index (χ2n) is 4.47. The Balaban J connectivity index is 2.34. The number of carboxylic acids is 1. The Hall–Kier alpha value is -2.67. The van der Waals surface area contributed by atoms with Crippen LogP contribution in [0.3, 0.4) is 0 Å². The molecule has 3 rings (SSSR count). The number of anilines is 1. The van der Waals surface area contributed by atoms with E-state index in [1.165, 1.54) is 30.3 Å². The molecule has 1 amide bonds. The number of carbonyl (C=O) groups excluding carboxylic acids is 1. The van der Waals surface area contributed by atoms with Crippen molar-refractivity contribution in [3.63, 3.8) is 0 Å². The molecule has 2 N–H and O–H groups in total.